The topological polar surface area (TPSA) is 57.5 Å². The van der Waals surface area contributed by atoms with E-state index < -0.39 is 0 Å². The van der Waals surface area contributed by atoms with Gasteiger partial charge in [0.25, 0.3) is 0 Å². The van der Waals surface area contributed by atoms with Crippen LogP contribution in [0.15, 0.2) is 41.3 Å². The molecule has 0 fully saturated rings. The molecule has 2 aromatic carbocycles. The molecule has 0 aliphatic rings. The minimum Gasteiger partial charge on any atom is -0.508 e. The lowest BCUT2D eigenvalue weighted by atomic mass is 9.79. The number of carbonyl (C=O) groups is 1. The van der Waals surface area contributed by atoms with Crippen molar-refractivity contribution in [2.24, 2.45) is 0 Å². The molecule has 0 saturated carbocycles. The fourth-order valence-electron chi connectivity index (χ4n) is 2.80. The number of phenolic OH excluding ortho intramolecular Hbond substituents is 2. The van der Waals surface area contributed by atoms with Crippen LogP contribution in [0, 0.1) is 0 Å². The molecule has 4 heteroatoms. The van der Waals surface area contributed by atoms with Crippen LogP contribution in [-0.4, -0.2) is 16.5 Å². The second-order valence-corrected chi connectivity index (χ2v) is 9.85. The normalized spacial score (nSPS) is 13.5. The number of benzene rings is 2. The number of phenols is 2. The van der Waals surface area contributed by atoms with Crippen LogP contribution in [0.2, 0.25) is 0 Å². The van der Waals surface area contributed by atoms with Gasteiger partial charge in [0, 0.05) is 16.0 Å². The van der Waals surface area contributed by atoms with E-state index in [-0.39, 0.29) is 21.8 Å². The van der Waals surface area contributed by atoms with Crippen LogP contribution in [-0.2, 0) is 15.6 Å². The molecule has 0 heterocycles. The Morgan fingerprint density at radius 1 is 0.885 bits per heavy atom. The largest absolute Gasteiger partial charge is 0.508 e. The Balaban J connectivity index is 2.51. The number of rotatable bonds is 4. The summed E-state index contributed by atoms with van der Waals surface area (Å²) in [4.78, 5) is 12.6. The zero-order chi connectivity index (χ0) is 19.7. The first-order valence-corrected chi connectivity index (χ1v) is 9.60. The molecule has 0 amide bonds. The highest BCUT2D eigenvalue weighted by Crippen LogP contribution is 2.44. The monoisotopic (exact) mass is 372 g/mol. The molecule has 0 spiro atoms. The number of aromatic hydroxyl groups is 2. The van der Waals surface area contributed by atoms with E-state index in [1.54, 1.807) is 24.3 Å². The maximum absolute atomic E-state index is 11.7. The molecule has 0 radical (unpaired) electrons. The van der Waals surface area contributed by atoms with Crippen molar-refractivity contribution in [1.82, 2.24) is 0 Å². The highest BCUT2D eigenvalue weighted by Gasteiger charge is 2.27. The summed E-state index contributed by atoms with van der Waals surface area (Å²) in [5.41, 5.74) is 2.17. The molecule has 26 heavy (non-hydrogen) atoms. The number of thioether (sulfide) groups is 1. The van der Waals surface area contributed by atoms with Crippen molar-refractivity contribution in [1.29, 1.82) is 0 Å². The molecule has 0 aliphatic carbocycles. The van der Waals surface area contributed by atoms with Gasteiger partial charge in [-0.3, -0.25) is 0 Å². The van der Waals surface area contributed by atoms with Gasteiger partial charge in [-0.15, -0.1) is 11.8 Å². The third-order valence-corrected chi connectivity index (χ3v) is 5.45. The lowest BCUT2D eigenvalue weighted by Crippen LogP contribution is -2.17. The Morgan fingerprint density at radius 3 is 1.73 bits per heavy atom. The summed E-state index contributed by atoms with van der Waals surface area (Å²) in [6.45, 7) is 12.4. The Kier molecular flexibility index (Phi) is 5.76. The zero-order valence-corrected chi connectivity index (χ0v) is 17.1. The smallest absolute Gasteiger partial charge is 0.137 e. The van der Waals surface area contributed by atoms with Crippen molar-refractivity contribution in [3.63, 3.8) is 0 Å². The number of hydrogen-bond acceptors (Lipinski definition) is 4. The van der Waals surface area contributed by atoms with Gasteiger partial charge in [-0.05, 0) is 40.7 Å². The third-order valence-electron chi connectivity index (χ3n) is 4.31. The van der Waals surface area contributed by atoms with Crippen molar-refractivity contribution in [2.45, 2.75) is 62.5 Å². The van der Waals surface area contributed by atoms with Crippen molar-refractivity contribution in [2.75, 3.05) is 0 Å². The molecule has 0 aromatic heterocycles. The van der Waals surface area contributed by atoms with Crippen LogP contribution >= 0.6 is 11.8 Å². The Labute approximate surface area is 160 Å². The van der Waals surface area contributed by atoms with Crippen molar-refractivity contribution in [3.8, 4) is 11.5 Å². The molecule has 2 aromatic rings. The molecule has 2 rings (SSSR count). The van der Waals surface area contributed by atoms with Crippen LogP contribution in [0.25, 0.3) is 0 Å². The van der Waals surface area contributed by atoms with Crippen LogP contribution in [0.4, 0.5) is 0 Å². The van der Waals surface area contributed by atoms with E-state index in [2.05, 4.69) is 41.5 Å². The highest BCUT2D eigenvalue weighted by molar-refractivity contribution is 8.00. The van der Waals surface area contributed by atoms with Gasteiger partial charge in [0.2, 0.25) is 0 Å². The van der Waals surface area contributed by atoms with Gasteiger partial charge in [0.1, 0.15) is 17.8 Å². The first-order valence-electron chi connectivity index (χ1n) is 8.72. The lowest BCUT2D eigenvalue weighted by Gasteiger charge is -2.28. The summed E-state index contributed by atoms with van der Waals surface area (Å²) in [5.74, 6) is 0.514. The molecular formula is C22H28O3S. The Morgan fingerprint density at radius 2 is 1.35 bits per heavy atom. The Bertz CT molecular complexity index is 746. The van der Waals surface area contributed by atoms with Gasteiger partial charge < -0.3 is 15.0 Å². The van der Waals surface area contributed by atoms with Gasteiger partial charge in [-0.25, -0.2) is 0 Å². The van der Waals surface area contributed by atoms with Gasteiger partial charge >= 0.3 is 0 Å². The summed E-state index contributed by atoms with van der Waals surface area (Å²) in [6.07, 6.45) is 0.914. The maximum Gasteiger partial charge on any atom is 0.137 e. The summed E-state index contributed by atoms with van der Waals surface area (Å²) in [7, 11) is 0. The van der Waals surface area contributed by atoms with E-state index in [9.17, 15) is 15.0 Å². The first kappa shape index (κ1) is 20.4. The number of carbonyl (C=O) groups excluding carboxylic acids is 1. The molecule has 0 aliphatic heterocycles. The molecule has 0 saturated heterocycles. The van der Waals surface area contributed by atoms with E-state index >= 15 is 0 Å². The maximum atomic E-state index is 11.7. The van der Waals surface area contributed by atoms with Crippen LogP contribution in [0.1, 0.15) is 63.5 Å². The molecular weight excluding hydrogens is 344 g/mol. The van der Waals surface area contributed by atoms with E-state index in [0.29, 0.717) is 5.75 Å². The van der Waals surface area contributed by atoms with Crippen LogP contribution < -0.4 is 0 Å². The fraction of sp³-hybridized carbons (Fsp3) is 0.409. The molecule has 2 N–H and O–H groups in total. The predicted molar refractivity (Wildman–Crippen MR) is 108 cm³/mol. The van der Waals surface area contributed by atoms with Crippen LogP contribution in [0.3, 0.4) is 0 Å². The van der Waals surface area contributed by atoms with Crippen molar-refractivity contribution >= 4 is 18.0 Å². The van der Waals surface area contributed by atoms with Gasteiger partial charge in [0.15, 0.2) is 0 Å². The van der Waals surface area contributed by atoms with E-state index in [1.807, 2.05) is 12.1 Å². The molecule has 0 bridgehead atoms. The predicted octanol–water partition coefficient (Wildman–Crippen LogP) is 5.73. The van der Waals surface area contributed by atoms with E-state index in [0.717, 1.165) is 27.9 Å². The molecule has 140 valence electrons. The summed E-state index contributed by atoms with van der Waals surface area (Å²) in [5, 5.41) is 19.9. The zero-order valence-electron chi connectivity index (χ0n) is 16.3. The van der Waals surface area contributed by atoms with Crippen LogP contribution in [0.5, 0.6) is 11.5 Å². The minimum atomic E-state index is -0.374. The summed E-state index contributed by atoms with van der Waals surface area (Å²) in [6, 6.07) is 10.7. The van der Waals surface area contributed by atoms with Crippen molar-refractivity contribution in [3.05, 3.63) is 53.1 Å². The highest BCUT2D eigenvalue weighted by atomic mass is 32.2. The van der Waals surface area contributed by atoms with Gasteiger partial charge in [0.05, 0.1) is 5.25 Å². The second-order valence-electron chi connectivity index (χ2n) is 8.63. The standard InChI is InChI=1S/C22H28O3S/c1-21(2,3)17-11-16(12-18(20(17)25)22(4,5)6)26-19(13-23)14-7-9-15(24)10-8-14/h7-13,19,24-25H,1-6H3. The first-order chi connectivity index (χ1) is 11.9. The van der Waals surface area contributed by atoms with Crippen molar-refractivity contribution < 1.29 is 15.0 Å². The fourth-order valence-corrected chi connectivity index (χ4v) is 3.82. The summed E-state index contributed by atoms with van der Waals surface area (Å²) < 4.78 is 0. The third kappa shape index (κ3) is 4.61. The van der Waals surface area contributed by atoms with E-state index in [1.165, 1.54) is 11.8 Å². The number of aldehydes is 1. The quantitative estimate of drug-likeness (QED) is 0.532. The second kappa shape index (κ2) is 7.36. The Hall–Kier alpha value is -1.94. The molecule has 1 atom stereocenters. The summed E-state index contributed by atoms with van der Waals surface area (Å²) >= 11 is 1.46. The van der Waals surface area contributed by atoms with Gasteiger partial charge in [-0.1, -0.05) is 53.7 Å². The van der Waals surface area contributed by atoms with Gasteiger partial charge in [-0.2, -0.15) is 0 Å². The molecule has 1 unspecified atom stereocenters. The average molecular weight is 373 g/mol. The average Bonchev–Trinajstić information content (AvgIpc) is 2.52. The minimum absolute atomic E-state index is 0.179. The lowest BCUT2D eigenvalue weighted by molar-refractivity contribution is -0.107. The van der Waals surface area contributed by atoms with E-state index in [4.69, 9.17) is 0 Å². The SMILES string of the molecule is CC(C)(C)c1cc(SC(C=O)c2ccc(O)cc2)cc(C(C)(C)C)c1O. The number of hydrogen-bond donors (Lipinski definition) is 2. The molecule has 3 nitrogen and oxygen atoms in total.